The van der Waals surface area contributed by atoms with Crippen LogP contribution in [-0.4, -0.2) is 35.1 Å². The fraction of sp³-hybridized carbons (Fsp3) is 0.286. The minimum Gasteiger partial charge on any atom is -0.481 e. The monoisotopic (exact) mass is 259 g/mol. The Morgan fingerprint density at radius 2 is 2.00 bits per heavy atom. The molecule has 0 unspecified atom stereocenters. The molecule has 0 spiro atoms. The molecule has 1 aromatic carbocycles. The minimum atomic E-state index is -0.800. The van der Waals surface area contributed by atoms with Crippen LogP contribution in [0.2, 0.25) is 0 Å². The van der Waals surface area contributed by atoms with Gasteiger partial charge in [-0.25, -0.2) is 4.98 Å². The summed E-state index contributed by atoms with van der Waals surface area (Å²) in [6, 6.07) is 8.04. The summed E-state index contributed by atoms with van der Waals surface area (Å²) in [5.74, 6) is -0.0304. The summed E-state index contributed by atoms with van der Waals surface area (Å²) in [7, 11) is 3.98. The number of aliphatic carboxylic acids is 1. The molecule has 1 heterocycles. The van der Waals surface area contributed by atoms with Crippen LogP contribution in [0.25, 0.3) is 11.4 Å². The summed E-state index contributed by atoms with van der Waals surface area (Å²) in [5.41, 5.74) is 2.96. The largest absolute Gasteiger partial charge is 0.481 e. The zero-order chi connectivity index (χ0) is 13.8. The zero-order valence-electron chi connectivity index (χ0n) is 11.1. The van der Waals surface area contributed by atoms with Crippen molar-refractivity contribution in [1.29, 1.82) is 0 Å². The first-order valence-corrected chi connectivity index (χ1v) is 6.09. The summed E-state index contributed by atoms with van der Waals surface area (Å²) >= 11 is 0. The second kappa shape index (κ2) is 5.56. The number of hydrogen-bond acceptors (Lipinski definition) is 3. The molecule has 100 valence electrons. The number of carboxylic acids is 1. The molecule has 0 saturated heterocycles. The Hall–Kier alpha value is -2.30. The topological polar surface area (TPSA) is 69.2 Å². The van der Waals surface area contributed by atoms with Gasteiger partial charge >= 0.3 is 5.97 Å². The van der Waals surface area contributed by atoms with Gasteiger partial charge in [-0.2, -0.15) is 0 Å². The molecule has 5 heteroatoms. The Balaban J connectivity index is 2.11. The second-order valence-corrected chi connectivity index (χ2v) is 4.59. The van der Waals surface area contributed by atoms with Gasteiger partial charge in [0.25, 0.3) is 0 Å². The van der Waals surface area contributed by atoms with Crippen LogP contribution in [0.5, 0.6) is 0 Å². The zero-order valence-corrected chi connectivity index (χ0v) is 11.1. The maximum atomic E-state index is 10.5. The van der Waals surface area contributed by atoms with Crippen LogP contribution < -0.4 is 4.90 Å². The van der Waals surface area contributed by atoms with E-state index in [1.807, 2.05) is 43.3 Å². The van der Waals surface area contributed by atoms with Crippen molar-refractivity contribution in [1.82, 2.24) is 9.97 Å². The van der Waals surface area contributed by atoms with Crippen molar-refractivity contribution >= 4 is 11.7 Å². The number of carboxylic acid groups (broad SMARTS) is 1. The number of benzene rings is 1. The van der Waals surface area contributed by atoms with Gasteiger partial charge in [0.1, 0.15) is 5.82 Å². The number of H-pyrrole nitrogens is 1. The fourth-order valence-corrected chi connectivity index (χ4v) is 1.79. The van der Waals surface area contributed by atoms with Crippen LogP contribution in [0.15, 0.2) is 30.5 Å². The fourth-order valence-electron chi connectivity index (χ4n) is 1.79. The van der Waals surface area contributed by atoms with E-state index >= 15 is 0 Å². The predicted molar refractivity (Wildman–Crippen MR) is 74.3 cm³/mol. The average molecular weight is 259 g/mol. The number of aromatic nitrogens is 2. The van der Waals surface area contributed by atoms with Crippen molar-refractivity contribution in [2.24, 2.45) is 0 Å². The van der Waals surface area contributed by atoms with Crippen LogP contribution in [0.4, 0.5) is 5.69 Å². The highest BCUT2D eigenvalue weighted by Crippen LogP contribution is 2.20. The molecule has 0 aliphatic heterocycles. The second-order valence-electron chi connectivity index (χ2n) is 4.59. The average Bonchev–Trinajstić information content (AvgIpc) is 2.85. The third-order valence-electron chi connectivity index (χ3n) is 2.89. The maximum Gasteiger partial charge on any atom is 0.303 e. The first kappa shape index (κ1) is 13.1. The Labute approximate surface area is 111 Å². The Bertz CT molecular complexity index is 558. The van der Waals surface area contributed by atoms with Gasteiger partial charge in [-0.3, -0.25) is 4.79 Å². The lowest BCUT2D eigenvalue weighted by Gasteiger charge is -2.12. The summed E-state index contributed by atoms with van der Waals surface area (Å²) in [6.07, 6.45) is 2.28. The number of carbonyl (C=O) groups is 1. The lowest BCUT2D eigenvalue weighted by atomic mass is 10.2. The van der Waals surface area contributed by atoms with E-state index in [9.17, 15) is 4.79 Å². The van der Waals surface area contributed by atoms with E-state index in [-0.39, 0.29) is 6.42 Å². The molecule has 0 fully saturated rings. The van der Waals surface area contributed by atoms with E-state index in [4.69, 9.17) is 5.11 Å². The summed E-state index contributed by atoms with van der Waals surface area (Å²) in [6.45, 7) is 0. The normalized spacial score (nSPS) is 10.4. The number of imidazole rings is 1. The Kier molecular flexibility index (Phi) is 3.85. The van der Waals surface area contributed by atoms with Gasteiger partial charge in [0.05, 0.1) is 6.42 Å². The molecule has 19 heavy (non-hydrogen) atoms. The molecule has 0 atom stereocenters. The molecule has 0 saturated carbocycles. The molecule has 5 nitrogen and oxygen atoms in total. The van der Waals surface area contributed by atoms with Crippen LogP contribution >= 0.6 is 0 Å². The number of hydrogen-bond donors (Lipinski definition) is 2. The van der Waals surface area contributed by atoms with E-state index in [1.165, 1.54) is 0 Å². The molecular weight excluding hydrogens is 242 g/mol. The highest BCUT2D eigenvalue weighted by molar-refractivity contribution is 5.67. The van der Waals surface area contributed by atoms with Crippen molar-refractivity contribution in [2.75, 3.05) is 19.0 Å². The summed E-state index contributed by atoms with van der Waals surface area (Å²) in [5, 5.41) is 8.64. The minimum absolute atomic E-state index is 0.112. The lowest BCUT2D eigenvalue weighted by Crippen LogP contribution is -2.07. The Morgan fingerprint density at radius 3 is 2.58 bits per heavy atom. The molecule has 0 bridgehead atoms. The van der Waals surface area contributed by atoms with Crippen LogP contribution in [-0.2, 0) is 11.2 Å². The van der Waals surface area contributed by atoms with Gasteiger partial charge in [0, 0.05) is 37.2 Å². The number of nitrogens with one attached hydrogen (secondary N) is 1. The number of aromatic amines is 1. The summed E-state index contributed by atoms with van der Waals surface area (Å²) in [4.78, 5) is 20.0. The number of aryl methyl sites for hydroxylation is 1. The van der Waals surface area contributed by atoms with E-state index in [1.54, 1.807) is 6.20 Å². The van der Waals surface area contributed by atoms with Gasteiger partial charge < -0.3 is 15.0 Å². The van der Waals surface area contributed by atoms with Crippen LogP contribution in [0, 0.1) is 0 Å². The molecule has 2 aromatic rings. The molecule has 0 radical (unpaired) electrons. The van der Waals surface area contributed by atoms with Gasteiger partial charge in [-0.1, -0.05) is 0 Å². The first-order valence-electron chi connectivity index (χ1n) is 6.09. The van der Waals surface area contributed by atoms with Crippen LogP contribution in [0.1, 0.15) is 12.1 Å². The third kappa shape index (κ3) is 3.34. The molecule has 0 aliphatic rings. The highest BCUT2D eigenvalue weighted by atomic mass is 16.4. The predicted octanol–water partition coefficient (Wildman–Crippen LogP) is 2.16. The summed E-state index contributed by atoms with van der Waals surface area (Å²) < 4.78 is 0. The van der Waals surface area contributed by atoms with Crippen molar-refractivity contribution < 1.29 is 9.90 Å². The number of nitrogens with zero attached hydrogens (tertiary/aromatic N) is 2. The van der Waals surface area contributed by atoms with E-state index in [2.05, 4.69) is 9.97 Å². The quantitative estimate of drug-likeness (QED) is 0.863. The van der Waals surface area contributed by atoms with E-state index in [0.717, 1.165) is 22.8 Å². The van der Waals surface area contributed by atoms with Crippen molar-refractivity contribution in [3.8, 4) is 11.4 Å². The maximum absolute atomic E-state index is 10.5. The standard InChI is InChI=1S/C14H17N3O2/c1-17(2)12-6-3-10(4-7-12)14-15-9-11(16-14)5-8-13(18)19/h3-4,6-7,9H,5,8H2,1-2H3,(H,15,16)(H,18,19). The van der Waals surface area contributed by atoms with Crippen LogP contribution in [0.3, 0.4) is 0 Å². The van der Waals surface area contributed by atoms with Gasteiger partial charge in [0.2, 0.25) is 0 Å². The molecule has 1 aromatic heterocycles. The first-order chi connectivity index (χ1) is 9.06. The smallest absolute Gasteiger partial charge is 0.303 e. The Morgan fingerprint density at radius 1 is 1.32 bits per heavy atom. The van der Waals surface area contributed by atoms with Gasteiger partial charge in [-0.05, 0) is 30.7 Å². The van der Waals surface area contributed by atoms with E-state index in [0.29, 0.717) is 6.42 Å². The number of anilines is 1. The highest BCUT2D eigenvalue weighted by Gasteiger charge is 2.06. The van der Waals surface area contributed by atoms with Gasteiger partial charge in [0.15, 0.2) is 0 Å². The third-order valence-corrected chi connectivity index (χ3v) is 2.89. The molecule has 0 aliphatic carbocycles. The lowest BCUT2D eigenvalue weighted by molar-refractivity contribution is -0.136. The molecular formula is C14H17N3O2. The SMILES string of the molecule is CN(C)c1ccc(-c2ncc(CCC(=O)O)[nH]2)cc1. The number of rotatable bonds is 5. The van der Waals surface area contributed by atoms with Crippen molar-refractivity contribution in [3.63, 3.8) is 0 Å². The molecule has 2 rings (SSSR count). The van der Waals surface area contributed by atoms with E-state index < -0.39 is 5.97 Å². The van der Waals surface area contributed by atoms with Gasteiger partial charge in [-0.15, -0.1) is 0 Å². The molecule has 2 N–H and O–H groups in total. The van der Waals surface area contributed by atoms with Crippen molar-refractivity contribution in [2.45, 2.75) is 12.8 Å². The molecule has 0 amide bonds. The van der Waals surface area contributed by atoms with Crippen molar-refractivity contribution in [3.05, 3.63) is 36.2 Å².